The molecule has 2 heterocycles. The third-order valence-electron chi connectivity index (χ3n) is 2.86. The lowest BCUT2D eigenvalue weighted by atomic mass is 9.94. The molecule has 3 nitrogen and oxygen atoms in total. The van der Waals surface area contributed by atoms with Crippen LogP contribution in [0.5, 0.6) is 0 Å². The van der Waals surface area contributed by atoms with Crippen molar-refractivity contribution in [2.75, 3.05) is 6.61 Å². The van der Waals surface area contributed by atoms with Crippen molar-refractivity contribution in [1.29, 1.82) is 0 Å². The molecule has 0 spiro atoms. The van der Waals surface area contributed by atoms with Crippen molar-refractivity contribution in [3.8, 4) is 0 Å². The molecule has 0 aromatic carbocycles. The molecule has 14 heavy (non-hydrogen) atoms. The van der Waals surface area contributed by atoms with Crippen LogP contribution in [0.25, 0.3) is 0 Å². The van der Waals surface area contributed by atoms with Gasteiger partial charge in [-0.15, -0.1) is 11.3 Å². The fourth-order valence-corrected chi connectivity index (χ4v) is 2.79. The van der Waals surface area contributed by atoms with Gasteiger partial charge in [-0.3, -0.25) is 0 Å². The van der Waals surface area contributed by atoms with Gasteiger partial charge in [-0.25, -0.2) is 4.98 Å². The number of aryl methyl sites for hydroxylation is 1. The molecule has 2 rings (SSSR count). The zero-order valence-corrected chi connectivity index (χ0v) is 9.30. The van der Waals surface area contributed by atoms with Crippen molar-refractivity contribution in [2.45, 2.75) is 38.4 Å². The maximum absolute atomic E-state index is 10.2. The summed E-state index contributed by atoms with van der Waals surface area (Å²) in [7, 11) is 0. The molecule has 2 unspecified atom stereocenters. The maximum Gasteiger partial charge on any atom is 0.119 e. The highest BCUT2D eigenvalue weighted by Gasteiger charge is 2.39. The van der Waals surface area contributed by atoms with Crippen LogP contribution >= 0.6 is 11.3 Å². The van der Waals surface area contributed by atoms with Crippen LogP contribution in [0.2, 0.25) is 0 Å². The Kier molecular flexibility index (Phi) is 2.60. The lowest BCUT2D eigenvalue weighted by Crippen LogP contribution is -2.31. The second-order valence-electron chi connectivity index (χ2n) is 3.97. The van der Waals surface area contributed by atoms with Crippen molar-refractivity contribution in [1.82, 2.24) is 4.98 Å². The number of nitrogens with zero attached hydrogens (tertiary/aromatic N) is 1. The lowest BCUT2D eigenvalue weighted by molar-refractivity contribution is -0.0784. The topological polar surface area (TPSA) is 42.4 Å². The molecular formula is C10H15NO2S. The van der Waals surface area contributed by atoms with Crippen molar-refractivity contribution in [3.05, 3.63) is 16.1 Å². The summed E-state index contributed by atoms with van der Waals surface area (Å²) in [6.07, 6.45) is 1.43. The number of ether oxygens (including phenoxy) is 1. The molecule has 1 saturated heterocycles. The van der Waals surface area contributed by atoms with E-state index in [2.05, 4.69) is 4.98 Å². The Morgan fingerprint density at radius 1 is 1.71 bits per heavy atom. The molecule has 0 bridgehead atoms. The first-order valence-corrected chi connectivity index (χ1v) is 5.73. The van der Waals surface area contributed by atoms with Crippen LogP contribution in [0, 0.1) is 6.92 Å². The largest absolute Gasteiger partial charge is 0.384 e. The standard InChI is InChI=1S/C10H15NO2S/c1-7-8(14-6-11-7)9(12)10(2)4-3-5-13-10/h6,9,12H,3-5H2,1-2H3. The highest BCUT2D eigenvalue weighted by molar-refractivity contribution is 7.09. The summed E-state index contributed by atoms with van der Waals surface area (Å²) in [6, 6.07) is 0. The van der Waals surface area contributed by atoms with Crippen molar-refractivity contribution < 1.29 is 9.84 Å². The van der Waals surface area contributed by atoms with E-state index < -0.39 is 11.7 Å². The van der Waals surface area contributed by atoms with Gasteiger partial charge in [0, 0.05) is 6.61 Å². The van der Waals surface area contributed by atoms with Gasteiger partial charge in [0.05, 0.1) is 21.7 Å². The number of aliphatic hydroxyl groups excluding tert-OH is 1. The van der Waals surface area contributed by atoms with Crippen LogP contribution in [-0.4, -0.2) is 22.3 Å². The Bertz CT molecular complexity index is 318. The van der Waals surface area contributed by atoms with E-state index in [9.17, 15) is 5.11 Å². The molecule has 2 atom stereocenters. The van der Waals surface area contributed by atoms with Gasteiger partial charge in [0.1, 0.15) is 6.10 Å². The van der Waals surface area contributed by atoms with E-state index in [1.165, 1.54) is 11.3 Å². The summed E-state index contributed by atoms with van der Waals surface area (Å²) in [5.41, 5.74) is 2.28. The normalized spacial score (nSPS) is 29.4. The van der Waals surface area contributed by atoms with Crippen molar-refractivity contribution in [3.63, 3.8) is 0 Å². The minimum atomic E-state index is -0.530. The van der Waals surface area contributed by atoms with Crippen LogP contribution in [0.4, 0.5) is 0 Å². The number of thiazole rings is 1. The maximum atomic E-state index is 10.2. The molecule has 1 aliphatic rings. The quantitative estimate of drug-likeness (QED) is 0.817. The van der Waals surface area contributed by atoms with Gasteiger partial charge in [-0.05, 0) is 26.7 Å². The van der Waals surface area contributed by atoms with E-state index >= 15 is 0 Å². The number of rotatable bonds is 2. The third-order valence-corrected chi connectivity index (χ3v) is 3.84. The first kappa shape index (κ1) is 10.1. The van der Waals surface area contributed by atoms with E-state index in [1.807, 2.05) is 13.8 Å². The Morgan fingerprint density at radius 2 is 2.50 bits per heavy atom. The molecule has 78 valence electrons. The highest BCUT2D eigenvalue weighted by atomic mass is 32.1. The Morgan fingerprint density at radius 3 is 3.00 bits per heavy atom. The molecule has 1 fully saturated rings. The summed E-state index contributed by atoms with van der Waals surface area (Å²) in [6.45, 7) is 4.66. The van der Waals surface area contributed by atoms with E-state index in [4.69, 9.17) is 4.74 Å². The first-order valence-electron chi connectivity index (χ1n) is 4.85. The van der Waals surface area contributed by atoms with Gasteiger partial charge in [0.2, 0.25) is 0 Å². The summed E-state index contributed by atoms with van der Waals surface area (Å²) in [4.78, 5) is 5.08. The monoisotopic (exact) mass is 213 g/mol. The minimum Gasteiger partial charge on any atom is -0.384 e. The van der Waals surface area contributed by atoms with Gasteiger partial charge in [0.25, 0.3) is 0 Å². The van der Waals surface area contributed by atoms with Crippen molar-refractivity contribution in [2.24, 2.45) is 0 Å². The molecular weight excluding hydrogens is 198 g/mol. The summed E-state index contributed by atoms with van der Waals surface area (Å²) in [5.74, 6) is 0. The highest BCUT2D eigenvalue weighted by Crippen LogP contribution is 2.39. The number of aliphatic hydroxyl groups is 1. The molecule has 0 aliphatic carbocycles. The zero-order valence-electron chi connectivity index (χ0n) is 8.49. The number of hydrogen-bond donors (Lipinski definition) is 1. The first-order chi connectivity index (χ1) is 6.63. The van der Waals surface area contributed by atoms with Gasteiger partial charge in [-0.2, -0.15) is 0 Å². The van der Waals surface area contributed by atoms with Gasteiger partial charge in [-0.1, -0.05) is 0 Å². The Balaban J connectivity index is 2.23. The lowest BCUT2D eigenvalue weighted by Gasteiger charge is -2.28. The zero-order chi connectivity index (χ0) is 10.2. The molecule has 1 aliphatic heterocycles. The van der Waals surface area contributed by atoms with Crippen LogP contribution in [0.15, 0.2) is 5.51 Å². The Hall–Kier alpha value is -0.450. The van der Waals surface area contributed by atoms with E-state index in [0.29, 0.717) is 0 Å². The predicted molar refractivity (Wildman–Crippen MR) is 55.4 cm³/mol. The summed E-state index contributed by atoms with van der Waals surface area (Å²) < 4.78 is 5.61. The molecule has 0 radical (unpaired) electrons. The molecule has 1 aromatic rings. The molecule has 4 heteroatoms. The van der Waals surface area contributed by atoms with Crippen molar-refractivity contribution >= 4 is 11.3 Å². The molecule has 0 saturated carbocycles. The Labute approximate surface area is 87.7 Å². The van der Waals surface area contributed by atoms with Crippen LogP contribution < -0.4 is 0 Å². The minimum absolute atomic E-state index is 0.405. The van der Waals surface area contributed by atoms with E-state index in [1.54, 1.807) is 5.51 Å². The van der Waals surface area contributed by atoms with Gasteiger partial charge >= 0.3 is 0 Å². The number of aromatic nitrogens is 1. The van der Waals surface area contributed by atoms with Crippen LogP contribution in [0.1, 0.15) is 36.4 Å². The van der Waals surface area contributed by atoms with Gasteiger partial charge < -0.3 is 9.84 Å². The van der Waals surface area contributed by atoms with E-state index in [0.717, 1.165) is 30.0 Å². The summed E-state index contributed by atoms with van der Waals surface area (Å²) >= 11 is 1.50. The van der Waals surface area contributed by atoms with E-state index in [-0.39, 0.29) is 0 Å². The third kappa shape index (κ3) is 1.58. The second-order valence-corrected chi connectivity index (χ2v) is 4.86. The van der Waals surface area contributed by atoms with Gasteiger partial charge in [0.15, 0.2) is 0 Å². The second kappa shape index (κ2) is 3.61. The smallest absolute Gasteiger partial charge is 0.119 e. The average molecular weight is 213 g/mol. The summed E-state index contributed by atoms with van der Waals surface area (Å²) in [5, 5.41) is 10.2. The fourth-order valence-electron chi connectivity index (χ4n) is 1.87. The fraction of sp³-hybridized carbons (Fsp3) is 0.700. The van der Waals surface area contributed by atoms with Crippen LogP contribution in [-0.2, 0) is 4.74 Å². The molecule has 1 aromatic heterocycles. The molecule has 0 amide bonds. The molecule has 1 N–H and O–H groups in total. The predicted octanol–water partition coefficient (Wildman–Crippen LogP) is 2.05. The average Bonchev–Trinajstić information content (AvgIpc) is 2.74. The SMILES string of the molecule is Cc1ncsc1C(O)C1(C)CCCO1. The van der Waals surface area contributed by atoms with Crippen LogP contribution in [0.3, 0.4) is 0 Å². The number of hydrogen-bond acceptors (Lipinski definition) is 4.